The van der Waals surface area contributed by atoms with Crippen LogP contribution in [0, 0.1) is 13.8 Å². The van der Waals surface area contributed by atoms with E-state index < -0.39 is 0 Å². The lowest BCUT2D eigenvalue weighted by Gasteiger charge is -2.20. The lowest BCUT2D eigenvalue weighted by atomic mass is 9.97. The molecule has 0 saturated heterocycles. The third-order valence-electron chi connectivity index (χ3n) is 4.73. The van der Waals surface area contributed by atoms with Crippen LogP contribution in [0.4, 0.5) is 0 Å². The number of amides is 1. The highest BCUT2D eigenvalue weighted by atomic mass is 79.9. The monoisotopic (exact) mass is 425 g/mol. The number of hydrogen-bond donors (Lipinski definition) is 1. The van der Waals surface area contributed by atoms with Crippen LogP contribution < -0.4 is 10.1 Å². The van der Waals surface area contributed by atoms with Crippen molar-refractivity contribution in [1.82, 2.24) is 5.32 Å². The van der Waals surface area contributed by atoms with E-state index in [0.717, 1.165) is 27.2 Å². The van der Waals surface area contributed by atoms with Gasteiger partial charge in [0.05, 0.1) is 10.5 Å². The first-order valence-corrected chi connectivity index (χ1v) is 9.95. The molecule has 0 radical (unpaired) electrons. The first-order chi connectivity index (χ1) is 13.0. The zero-order chi connectivity index (χ0) is 19.4. The summed E-state index contributed by atoms with van der Waals surface area (Å²) in [5.41, 5.74) is 3.57. The molecule has 3 nitrogen and oxygen atoms in total. The molecule has 27 heavy (non-hydrogen) atoms. The molecule has 0 fully saturated rings. The fraction of sp³-hybridized carbons (Fsp3) is 0.261. The van der Waals surface area contributed by atoms with Gasteiger partial charge in [-0.1, -0.05) is 61.0 Å². The van der Waals surface area contributed by atoms with Crippen LogP contribution in [0.1, 0.15) is 36.1 Å². The van der Waals surface area contributed by atoms with Crippen molar-refractivity contribution in [3.63, 3.8) is 0 Å². The van der Waals surface area contributed by atoms with Crippen LogP contribution in [0.3, 0.4) is 0 Å². The smallest absolute Gasteiger partial charge is 0.258 e. The maximum atomic E-state index is 12.5. The molecule has 0 bridgehead atoms. The summed E-state index contributed by atoms with van der Waals surface area (Å²) in [5, 5.41) is 5.28. The first-order valence-electron chi connectivity index (χ1n) is 9.16. The Morgan fingerprint density at radius 3 is 2.63 bits per heavy atom. The van der Waals surface area contributed by atoms with Crippen LogP contribution in [0.2, 0.25) is 0 Å². The maximum absolute atomic E-state index is 12.5. The SMILES string of the molecule is CC[C@H](NC(=O)COc1ccc2ccccc2c1Br)c1ccc(C)cc1C. The molecular formula is C23H24BrNO2. The molecule has 1 amide bonds. The topological polar surface area (TPSA) is 38.3 Å². The second kappa shape index (κ2) is 8.57. The molecule has 4 heteroatoms. The Labute approximate surface area is 168 Å². The van der Waals surface area contributed by atoms with E-state index in [-0.39, 0.29) is 18.6 Å². The predicted molar refractivity (Wildman–Crippen MR) is 114 cm³/mol. The molecule has 0 aliphatic heterocycles. The molecule has 0 spiro atoms. The van der Waals surface area contributed by atoms with Crippen molar-refractivity contribution in [3.05, 3.63) is 75.8 Å². The number of carbonyl (C=O) groups is 1. The summed E-state index contributed by atoms with van der Waals surface area (Å²) in [6.45, 7) is 6.22. The summed E-state index contributed by atoms with van der Waals surface area (Å²) in [4.78, 5) is 12.5. The summed E-state index contributed by atoms with van der Waals surface area (Å²) in [6, 6.07) is 18.3. The first kappa shape index (κ1) is 19.4. The normalized spacial score (nSPS) is 12.0. The Balaban J connectivity index is 1.67. The van der Waals surface area contributed by atoms with Crippen LogP contribution in [-0.4, -0.2) is 12.5 Å². The fourth-order valence-corrected chi connectivity index (χ4v) is 3.93. The largest absolute Gasteiger partial charge is 0.483 e. The van der Waals surface area contributed by atoms with Gasteiger partial charge in [-0.25, -0.2) is 0 Å². The van der Waals surface area contributed by atoms with Crippen LogP contribution in [-0.2, 0) is 4.79 Å². The molecule has 0 unspecified atom stereocenters. The van der Waals surface area contributed by atoms with E-state index in [1.54, 1.807) is 0 Å². The van der Waals surface area contributed by atoms with Crippen LogP contribution >= 0.6 is 15.9 Å². The Bertz CT molecular complexity index is 968. The van der Waals surface area contributed by atoms with Gasteiger partial charge in [-0.15, -0.1) is 0 Å². The fourth-order valence-electron chi connectivity index (χ4n) is 3.32. The summed E-state index contributed by atoms with van der Waals surface area (Å²) in [5.74, 6) is 0.547. The second-order valence-electron chi connectivity index (χ2n) is 6.78. The highest BCUT2D eigenvalue weighted by molar-refractivity contribution is 9.10. The molecule has 1 N–H and O–H groups in total. The predicted octanol–water partition coefficient (Wildman–Crippen LogP) is 5.87. The van der Waals surface area contributed by atoms with E-state index >= 15 is 0 Å². The Kier molecular flexibility index (Phi) is 6.17. The number of aryl methyl sites for hydroxylation is 2. The van der Waals surface area contributed by atoms with Crippen molar-refractivity contribution in [3.8, 4) is 5.75 Å². The van der Waals surface area contributed by atoms with Crippen LogP contribution in [0.15, 0.2) is 59.1 Å². The van der Waals surface area contributed by atoms with Gasteiger partial charge in [0.1, 0.15) is 5.75 Å². The van der Waals surface area contributed by atoms with Gasteiger partial charge in [0, 0.05) is 0 Å². The van der Waals surface area contributed by atoms with Gasteiger partial charge in [-0.05, 0) is 64.2 Å². The van der Waals surface area contributed by atoms with Gasteiger partial charge in [0.15, 0.2) is 6.61 Å². The molecule has 3 aromatic rings. The number of benzene rings is 3. The number of fused-ring (bicyclic) bond motifs is 1. The van der Waals surface area contributed by atoms with E-state index in [0.29, 0.717) is 5.75 Å². The van der Waals surface area contributed by atoms with Crippen molar-refractivity contribution >= 4 is 32.6 Å². The number of ether oxygens (including phenoxy) is 1. The maximum Gasteiger partial charge on any atom is 0.258 e. The van der Waals surface area contributed by atoms with Crippen molar-refractivity contribution in [1.29, 1.82) is 0 Å². The van der Waals surface area contributed by atoms with E-state index in [1.807, 2.05) is 36.4 Å². The van der Waals surface area contributed by atoms with Crippen molar-refractivity contribution in [2.45, 2.75) is 33.2 Å². The quantitative estimate of drug-likeness (QED) is 0.536. The minimum Gasteiger partial charge on any atom is -0.483 e. The molecule has 0 aliphatic rings. The molecule has 0 aliphatic carbocycles. The Morgan fingerprint density at radius 1 is 1.11 bits per heavy atom. The zero-order valence-corrected chi connectivity index (χ0v) is 17.5. The lowest BCUT2D eigenvalue weighted by Crippen LogP contribution is -2.32. The number of nitrogens with one attached hydrogen (secondary N) is 1. The van der Waals surface area contributed by atoms with Gasteiger partial charge in [0.2, 0.25) is 0 Å². The third kappa shape index (κ3) is 4.51. The van der Waals surface area contributed by atoms with Gasteiger partial charge in [0.25, 0.3) is 5.91 Å². The van der Waals surface area contributed by atoms with Gasteiger partial charge in [-0.2, -0.15) is 0 Å². The Morgan fingerprint density at radius 2 is 1.89 bits per heavy atom. The standard InChI is InChI=1S/C23H24BrNO2/c1-4-20(18-11-9-15(2)13-16(18)3)25-22(26)14-27-21-12-10-17-7-5-6-8-19(17)23(21)24/h5-13,20H,4,14H2,1-3H3,(H,25,26)/t20-/m0/s1. The summed E-state index contributed by atoms with van der Waals surface area (Å²) < 4.78 is 6.65. The van der Waals surface area contributed by atoms with Gasteiger partial charge < -0.3 is 10.1 Å². The lowest BCUT2D eigenvalue weighted by molar-refractivity contribution is -0.123. The average Bonchev–Trinajstić information content (AvgIpc) is 2.66. The third-order valence-corrected chi connectivity index (χ3v) is 5.55. The number of halogens is 1. The summed E-state index contributed by atoms with van der Waals surface area (Å²) >= 11 is 3.59. The van der Waals surface area contributed by atoms with Gasteiger partial charge >= 0.3 is 0 Å². The van der Waals surface area contributed by atoms with Crippen molar-refractivity contribution in [2.24, 2.45) is 0 Å². The van der Waals surface area contributed by atoms with Crippen LogP contribution in [0.5, 0.6) is 5.75 Å². The van der Waals surface area contributed by atoms with Gasteiger partial charge in [-0.3, -0.25) is 4.79 Å². The van der Waals surface area contributed by atoms with E-state index in [4.69, 9.17) is 4.74 Å². The molecule has 1 atom stereocenters. The molecule has 3 aromatic carbocycles. The number of hydrogen-bond acceptors (Lipinski definition) is 2. The van der Waals surface area contributed by atoms with Crippen molar-refractivity contribution < 1.29 is 9.53 Å². The molecular weight excluding hydrogens is 402 g/mol. The van der Waals surface area contributed by atoms with E-state index in [9.17, 15) is 4.79 Å². The minimum atomic E-state index is -0.123. The average molecular weight is 426 g/mol. The molecule has 140 valence electrons. The number of rotatable bonds is 6. The number of carbonyl (C=O) groups excluding carboxylic acids is 1. The minimum absolute atomic E-state index is 0.0123. The van der Waals surface area contributed by atoms with Crippen LogP contribution in [0.25, 0.3) is 10.8 Å². The van der Waals surface area contributed by atoms with E-state index in [1.165, 1.54) is 11.1 Å². The highest BCUT2D eigenvalue weighted by Gasteiger charge is 2.16. The Hall–Kier alpha value is -2.33. The second-order valence-corrected chi connectivity index (χ2v) is 7.57. The van der Waals surface area contributed by atoms with E-state index in [2.05, 4.69) is 60.2 Å². The molecule has 0 aromatic heterocycles. The molecule has 0 saturated carbocycles. The highest BCUT2D eigenvalue weighted by Crippen LogP contribution is 2.33. The van der Waals surface area contributed by atoms with Crippen molar-refractivity contribution in [2.75, 3.05) is 6.61 Å². The summed E-state index contributed by atoms with van der Waals surface area (Å²) in [6.07, 6.45) is 0.829. The summed E-state index contributed by atoms with van der Waals surface area (Å²) in [7, 11) is 0. The molecule has 3 rings (SSSR count). The zero-order valence-electron chi connectivity index (χ0n) is 15.9. The molecule has 0 heterocycles.